The van der Waals surface area contributed by atoms with E-state index in [0.29, 0.717) is 54.6 Å². The second kappa shape index (κ2) is 16.4. The molecule has 5 aromatic rings. The van der Waals surface area contributed by atoms with E-state index in [4.69, 9.17) is 21.1 Å². The van der Waals surface area contributed by atoms with Gasteiger partial charge in [-0.1, -0.05) is 43.2 Å². The van der Waals surface area contributed by atoms with Gasteiger partial charge in [0.05, 0.1) is 29.9 Å². The number of halogens is 1. The Labute approximate surface area is 359 Å². The maximum atomic E-state index is 13.9. The van der Waals surface area contributed by atoms with Gasteiger partial charge in [0.25, 0.3) is 21.6 Å². The maximum absolute atomic E-state index is 13.9. The number of piperazine rings is 1. The zero-order valence-electron chi connectivity index (χ0n) is 34.0. The molecule has 2 aliphatic heterocycles. The highest BCUT2D eigenvalue weighted by Gasteiger charge is 2.53. The van der Waals surface area contributed by atoms with Gasteiger partial charge >= 0.3 is 0 Å². The highest BCUT2D eigenvalue weighted by atomic mass is 35.5. The van der Waals surface area contributed by atoms with Crippen LogP contribution in [0.2, 0.25) is 5.02 Å². The molecule has 4 aliphatic rings. The molecule has 0 radical (unpaired) electrons. The largest absolute Gasteiger partial charge is 0.455 e. The number of rotatable bonds is 13. The van der Waals surface area contributed by atoms with Gasteiger partial charge in [-0.3, -0.25) is 19.8 Å². The minimum absolute atomic E-state index is 0.0677. The van der Waals surface area contributed by atoms with E-state index in [0.717, 1.165) is 74.1 Å². The van der Waals surface area contributed by atoms with Crippen LogP contribution in [0.1, 0.15) is 49.0 Å². The molecular formula is C45H48ClN7O7S. The second-order valence-electron chi connectivity index (χ2n) is 17.3. The summed E-state index contributed by atoms with van der Waals surface area (Å²) in [6.07, 6.45) is 6.46. The van der Waals surface area contributed by atoms with Crippen molar-refractivity contribution in [3.05, 3.63) is 117 Å². The molecular weight excluding hydrogens is 818 g/mol. The zero-order chi connectivity index (χ0) is 42.5. The Balaban J connectivity index is 0.930. The Morgan fingerprint density at radius 2 is 1.80 bits per heavy atom. The predicted octanol–water partition coefficient (Wildman–Crippen LogP) is 8.13. The van der Waals surface area contributed by atoms with Crippen molar-refractivity contribution < 1.29 is 27.6 Å². The number of carbonyl (C=O) groups is 1. The predicted molar refractivity (Wildman–Crippen MR) is 235 cm³/mol. The summed E-state index contributed by atoms with van der Waals surface area (Å²) in [7, 11) is -4.70. The smallest absolute Gasteiger partial charge is 0.291 e. The number of nitrogens with one attached hydrogen (secondary N) is 3. The topological polar surface area (TPSA) is 172 Å². The molecule has 0 bridgehead atoms. The number of allylic oxidation sites excluding steroid dienone is 1. The highest BCUT2D eigenvalue weighted by molar-refractivity contribution is 7.90. The summed E-state index contributed by atoms with van der Waals surface area (Å²) in [6.45, 7) is 10.6. The molecule has 2 aromatic heterocycles. The minimum Gasteiger partial charge on any atom is -0.455 e. The molecule has 1 amide bonds. The average molecular weight is 866 g/mol. The van der Waals surface area contributed by atoms with Gasteiger partial charge in [0.1, 0.15) is 17.1 Å². The third-order valence-electron chi connectivity index (χ3n) is 12.7. The number of anilines is 2. The Morgan fingerprint density at radius 1 is 1.03 bits per heavy atom. The Morgan fingerprint density at radius 3 is 2.56 bits per heavy atom. The first-order valence-electron chi connectivity index (χ1n) is 20.7. The molecule has 1 saturated carbocycles. The number of ether oxygens (including phenoxy) is 2. The molecule has 3 N–H and O–H groups in total. The lowest BCUT2D eigenvalue weighted by molar-refractivity contribution is -0.387. The molecule has 1 unspecified atom stereocenters. The summed E-state index contributed by atoms with van der Waals surface area (Å²) in [4.78, 5) is 36.9. The summed E-state index contributed by atoms with van der Waals surface area (Å²) in [5, 5.41) is 16.9. The first-order valence-corrected chi connectivity index (χ1v) is 22.5. The van der Waals surface area contributed by atoms with Gasteiger partial charge in [0.15, 0.2) is 4.90 Å². The number of aromatic amines is 1. The molecule has 3 fully saturated rings. The van der Waals surface area contributed by atoms with Crippen molar-refractivity contribution in [2.45, 2.75) is 38.0 Å². The summed E-state index contributed by atoms with van der Waals surface area (Å²) in [6, 6.07) is 20.6. The van der Waals surface area contributed by atoms with Gasteiger partial charge in [-0.15, -0.1) is 0 Å². The minimum atomic E-state index is -4.70. The number of pyridine rings is 1. The standard InChI is InChI=1S/C45H48ClN7O7S/c1-45(2)13-11-30(36(22-45)28-3-5-31(46)6-4-28)25-51-15-17-52(18-16-51)33-8-9-35(41(21-33)60-34-19-29-12-14-47-43(29)49-23-34)44(54)50-61(57,58)42-10-7-32(20-40(42)53(55)56)48-24-37-38-26-59-27-39(37)38/h3-10,12,14,19-21,23,37-39,48H,11,13,15-18,22,24-27H2,1-2H3,(H,47,49)(H,50,54)/t37?,38-,39+. The van der Waals surface area contributed by atoms with E-state index in [1.54, 1.807) is 24.4 Å². The number of hydrogen-bond donors (Lipinski definition) is 3. The number of aromatic nitrogens is 2. The number of sulfonamides is 1. The molecule has 2 saturated heterocycles. The van der Waals surface area contributed by atoms with Crippen LogP contribution in [-0.4, -0.2) is 86.6 Å². The Kier molecular flexibility index (Phi) is 11.0. The van der Waals surface area contributed by atoms with Crippen LogP contribution in [0, 0.1) is 33.3 Å². The van der Waals surface area contributed by atoms with Gasteiger partial charge in [-0.05, 0) is 102 Å². The number of hydrogen-bond acceptors (Lipinski definition) is 11. The van der Waals surface area contributed by atoms with E-state index in [1.165, 1.54) is 41.1 Å². The SMILES string of the molecule is CC1(C)CCC(CN2CCN(c3ccc(C(=O)NS(=O)(=O)c4ccc(NCC5[C@H]6COC[C@@H]56)cc4[N+](=O)[O-])c(Oc4cnc5[nH]ccc5c4)c3)CC2)=C(c2ccc(Cl)cc2)C1. The van der Waals surface area contributed by atoms with Crippen molar-refractivity contribution >= 4 is 61.2 Å². The van der Waals surface area contributed by atoms with Gasteiger partial charge in [0, 0.05) is 79.4 Å². The number of nitrogens with zero attached hydrogens (tertiary/aromatic N) is 4. The summed E-state index contributed by atoms with van der Waals surface area (Å²) < 4.78 is 41.3. The number of benzene rings is 3. The van der Waals surface area contributed by atoms with Crippen LogP contribution in [0.15, 0.2) is 95.7 Å². The van der Waals surface area contributed by atoms with Crippen LogP contribution >= 0.6 is 11.6 Å². The molecule has 9 rings (SSSR count). The maximum Gasteiger partial charge on any atom is 0.291 e. The van der Waals surface area contributed by atoms with Crippen molar-refractivity contribution in [3.63, 3.8) is 0 Å². The lowest BCUT2D eigenvalue weighted by Crippen LogP contribution is -2.47. The molecule has 318 valence electrons. The fourth-order valence-electron chi connectivity index (χ4n) is 9.11. The highest BCUT2D eigenvalue weighted by Crippen LogP contribution is 2.50. The number of amides is 1. The number of nitro groups is 1. The second-order valence-corrected chi connectivity index (χ2v) is 19.4. The number of H-pyrrole nitrogens is 1. The van der Waals surface area contributed by atoms with Crippen molar-refractivity contribution in [2.75, 3.05) is 62.7 Å². The zero-order valence-corrected chi connectivity index (χ0v) is 35.6. The fraction of sp³-hybridized carbons (Fsp3) is 0.378. The van der Waals surface area contributed by atoms with E-state index in [2.05, 4.69) is 55.8 Å². The van der Waals surface area contributed by atoms with Crippen LogP contribution in [0.3, 0.4) is 0 Å². The van der Waals surface area contributed by atoms with E-state index >= 15 is 0 Å². The van der Waals surface area contributed by atoms with Gasteiger partial charge in [-0.2, -0.15) is 0 Å². The quantitative estimate of drug-likeness (QED) is 0.0771. The lowest BCUT2D eigenvalue weighted by Gasteiger charge is -2.39. The first kappa shape index (κ1) is 40.9. The third-order valence-corrected chi connectivity index (χ3v) is 14.3. The Bertz CT molecular complexity index is 2630. The van der Waals surface area contributed by atoms with E-state index in [1.807, 2.05) is 18.2 Å². The van der Waals surface area contributed by atoms with Gasteiger partial charge in [0.2, 0.25) is 0 Å². The molecule has 16 heteroatoms. The van der Waals surface area contributed by atoms with Crippen molar-refractivity contribution in [1.82, 2.24) is 19.6 Å². The summed E-state index contributed by atoms with van der Waals surface area (Å²) in [5.41, 5.74) is 5.48. The van der Waals surface area contributed by atoms with E-state index < -0.39 is 31.4 Å². The molecule has 61 heavy (non-hydrogen) atoms. The van der Waals surface area contributed by atoms with E-state index in [-0.39, 0.29) is 16.7 Å². The van der Waals surface area contributed by atoms with Crippen molar-refractivity contribution in [3.8, 4) is 11.5 Å². The number of carbonyl (C=O) groups excluding carboxylic acids is 1. The van der Waals surface area contributed by atoms with Crippen LogP contribution < -0.4 is 19.7 Å². The van der Waals surface area contributed by atoms with E-state index in [9.17, 15) is 23.3 Å². The lowest BCUT2D eigenvalue weighted by atomic mass is 9.72. The van der Waals surface area contributed by atoms with Crippen LogP contribution in [0.5, 0.6) is 11.5 Å². The van der Waals surface area contributed by atoms with Crippen LogP contribution in [-0.2, 0) is 14.8 Å². The normalized spacial score (nSPS) is 21.3. The fourth-order valence-corrected chi connectivity index (χ4v) is 10.4. The molecule has 2 aliphatic carbocycles. The first-order chi connectivity index (χ1) is 29.3. The molecule has 14 nitrogen and oxygen atoms in total. The molecule has 4 heterocycles. The van der Waals surface area contributed by atoms with Crippen molar-refractivity contribution in [2.24, 2.45) is 23.2 Å². The van der Waals surface area contributed by atoms with Gasteiger partial charge < -0.3 is 24.7 Å². The third kappa shape index (κ3) is 8.83. The molecule has 3 aromatic carbocycles. The Hall–Kier alpha value is -5.48. The molecule has 0 spiro atoms. The van der Waals surface area contributed by atoms with Crippen molar-refractivity contribution in [1.29, 1.82) is 0 Å². The number of fused-ring (bicyclic) bond motifs is 2. The average Bonchev–Trinajstić information content (AvgIpc) is 3.52. The summed E-state index contributed by atoms with van der Waals surface area (Å²) >= 11 is 6.24. The molecule has 3 atom stereocenters. The monoisotopic (exact) mass is 865 g/mol. The van der Waals surface area contributed by atoms with Crippen LogP contribution in [0.25, 0.3) is 16.6 Å². The number of nitro benzene ring substituents is 1. The van der Waals surface area contributed by atoms with Crippen LogP contribution in [0.4, 0.5) is 17.1 Å². The summed E-state index contributed by atoms with van der Waals surface area (Å²) in [5.74, 6) is 0.827. The van der Waals surface area contributed by atoms with Gasteiger partial charge in [-0.25, -0.2) is 18.1 Å².